The van der Waals surface area contributed by atoms with E-state index in [2.05, 4.69) is 10.3 Å². The van der Waals surface area contributed by atoms with Gasteiger partial charge in [0.25, 0.3) is 0 Å². The second-order valence-corrected chi connectivity index (χ2v) is 5.79. The molecule has 0 atom stereocenters. The van der Waals surface area contributed by atoms with Crippen LogP contribution in [0.1, 0.15) is 36.3 Å². The number of carbonyl (C=O) groups excluding carboxylic acids is 1. The Morgan fingerprint density at radius 2 is 2.24 bits per heavy atom. The topological polar surface area (TPSA) is 66.2 Å². The molecule has 6 heteroatoms. The van der Waals surface area contributed by atoms with Crippen LogP contribution in [0.15, 0.2) is 24.4 Å². The number of fused-ring (bicyclic) bond motifs is 1. The van der Waals surface area contributed by atoms with Crippen LogP contribution in [0.4, 0.5) is 0 Å². The van der Waals surface area contributed by atoms with Gasteiger partial charge in [0.05, 0.1) is 18.2 Å². The van der Waals surface area contributed by atoms with E-state index in [1.165, 1.54) is 0 Å². The summed E-state index contributed by atoms with van der Waals surface area (Å²) < 4.78 is 13.1. The lowest BCUT2D eigenvalue weighted by Gasteiger charge is -2.31. The molecule has 1 aliphatic heterocycles. The number of benzene rings is 1. The maximum Gasteiger partial charge on any atom is 0.170 e. The number of nitrogens with zero attached hydrogens (tertiary/aromatic N) is 3. The fraction of sp³-hybridized carbons (Fsp3) is 0.400. The molecule has 1 aromatic heterocycles. The monoisotopic (exact) mass is 287 g/mol. The first-order valence-corrected chi connectivity index (χ1v) is 6.77. The van der Waals surface area contributed by atoms with Crippen molar-refractivity contribution in [3.05, 3.63) is 35.7 Å². The fourth-order valence-electron chi connectivity index (χ4n) is 2.34. The second kappa shape index (κ2) is 4.87. The van der Waals surface area contributed by atoms with E-state index in [-0.39, 0.29) is 5.78 Å². The summed E-state index contributed by atoms with van der Waals surface area (Å²) in [5.74, 6) is 1.32. The average molecular weight is 287 g/mol. The summed E-state index contributed by atoms with van der Waals surface area (Å²) >= 11 is 0. The van der Waals surface area contributed by atoms with E-state index in [1.807, 2.05) is 13.8 Å². The van der Waals surface area contributed by atoms with Crippen molar-refractivity contribution in [1.29, 1.82) is 0 Å². The number of rotatable bonds is 3. The van der Waals surface area contributed by atoms with Crippen molar-refractivity contribution in [2.24, 2.45) is 7.05 Å². The van der Waals surface area contributed by atoms with Crippen LogP contribution in [-0.2, 0) is 13.7 Å². The molecule has 0 N–H and O–H groups in total. The number of ketones is 1. The van der Waals surface area contributed by atoms with Crippen molar-refractivity contribution >= 4 is 5.78 Å². The lowest BCUT2D eigenvalue weighted by molar-refractivity contribution is 0.0618. The Morgan fingerprint density at radius 3 is 2.95 bits per heavy atom. The predicted molar refractivity (Wildman–Crippen MR) is 75.4 cm³/mol. The standard InChI is InChI=1S/C15H17N3O3/c1-15(2)7-13(19)12-5-4-11(6-14(12)21-15)20-9-10-8-18(3)17-16-10/h4-6,8H,7,9H2,1-3H3. The van der Waals surface area contributed by atoms with Crippen LogP contribution < -0.4 is 9.47 Å². The summed E-state index contributed by atoms with van der Waals surface area (Å²) in [5.41, 5.74) is 0.877. The van der Waals surface area contributed by atoms with Crippen molar-refractivity contribution in [3.63, 3.8) is 0 Å². The number of Topliss-reactive ketones (excluding diaryl/α,β-unsaturated/α-hetero) is 1. The number of aromatic nitrogens is 3. The molecule has 0 aliphatic carbocycles. The molecule has 3 rings (SSSR count). The van der Waals surface area contributed by atoms with Crippen molar-refractivity contribution in [1.82, 2.24) is 15.0 Å². The van der Waals surface area contributed by atoms with Crippen LogP contribution in [-0.4, -0.2) is 26.4 Å². The van der Waals surface area contributed by atoms with Gasteiger partial charge in [-0.2, -0.15) is 0 Å². The van der Waals surface area contributed by atoms with Gasteiger partial charge in [-0.1, -0.05) is 5.21 Å². The summed E-state index contributed by atoms with van der Waals surface area (Å²) in [6, 6.07) is 5.28. The maximum atomic E-state index is 12.1. The molecule has 0 fully saturated rings. The number of carbonyl (C=O) groups is 1. The van der Waals surface area contributed by atoms with Crippen LogP contribution in [0.5, 0.6) is 11.5 Å². The second-order valence-electron chi connectivity index (χ2n) is 5.79. The molecular weight excluding hydrogens is 270 g/mol. The lowest BCUT2D eigenvalue weighted by atomic mass is 9.93. The van der Waals surface area contributed by atoms with Gasteiger partial charge in [-0.25, -0.2) is 0 Å². The first kappa shape index (κ1) is 13.6. The predicted octanol–water partition coefficient (Wildman–Crippen LogP) is 2.14. The Morgan fingerprint density at radius 1 is 1.43 bits per heavy atom. The van der Waals surface area contributed by atoms with Gasteiger partial charge in [-0.15, -0.1) is 5.10 Å². The largest absolute Gasteiger partial charge is 0.487 e. The molecule has 110 valence electrons. The van der Waals surface area contributed by atoms with Crippen LogP contribution in [0.25, 0.3) is 0 Å². The van der Waals surface area contributed by atoms with E-state index >= 15 is 0 Å². The van der Waals surface area contributed by atoms with Crippen LogP contribution >= 0.6 is 0 Å². The molecule has 0 spiro atoms. The fourth-order valence-corrected chi connectivity index (χ4v) is 2.34. The zero-order valence-corrected chi connectivity index (χ0v) is 12.3. The van der Waals surface area contributed by atoms with Gasteiger partial charge in [-0.05, 0) is 26.0 Å². The van der Waals surface area contributed by atoms with Crippen molar-refractivity contribution in [2.75, 3.05) is 0 Å². The highest BCUT2D eigenvalue weighted by molar-refractivity contribution is 6.00. The normalized spacial score (nSPS) is 16.2. The maximum absolute atomic E-state index is 12.1. The summed E-state index contributed by atoms with van der Waals surface area (Å²) in [4.78, 5) is 12.1. The molecule has 0 amide bonds. The molecule has 21 heavy (non-hydrogen) atoms. The molecule has 1 aliphatic rings. The highest BCUT2D eigenvalue weighted by Gasteiger charge is 2.32. The molecule has 0 radical (unpaired) electrons. The first-order valence-electron chi connectivity index (χ1n) is 6.77. The minimum Gasteiger partial charge on any atom is -0.487 e. The van der Waals surface area contributed by atoms with Gasteiger partial charge >= 0.3 is 0 Å². The summed E-state index contributed by atoms with van der Waals surface area (Å²) in [5, 5.41) is 7.80. The first-order chi connectivity index (χ1) is 9.93. The van der Waals surface area contributed by atoms with Crippen LogP contribution in [0.3, 0.4) is 0 Å². The highest BCUT2D eigenvalue weighted by Crippen LogP contribution is 2.35. The molecule has 6 nitrogen and oxygen atoms in total. The summed E-state index contributed by atoms with van der Waals surface area (Å²) in [6.45, 7) is 4.13. The van der Waals surface area contributed by atoms with E-state index in [9.17, 15) is 4.79 Å². The lowest BCUT2D eigenvalue weighted by Crippen LogP contribution is -2.35. The van der Waals surface area contributed by atoms with Crippen LogP contribution in [0.2, 0.25) is 0 Å². The summed E-state index contributed by atoms with van der Waals surface area (Å²) in [6.07, 6.45) is 2.18. The molecular formula is C15H17N3O3. The Bertz CT molecular complexity index is 691. The third-order valence-corrected chi connectivity index (χ3v) is 3.26. The minimum absolute atomic E-state index is 0.0988. The number of hydrogen-bond donors (Lipinski definition) is 0. The molecule has 2 aromatic rings. The van der Waals surface area contributed by atoms with Gasteiger partial charge in [0, 0.05) is 13.1 Å². The number of hydrogen-bond acceptors (Lipinski definition) is 5. The van der Waals surface area contributed by atoms with E-state index in [4.69, 9.17) is 9.47 Å². The zero-order valence-electron chi connectivity index (χ0n) is 12.3. The Hall–Kier alpha value is -2.37. The Labute approximate surface area is 122 Å². The number of aryl methyl sites for hydroxylation is 1. The number of ether oxygens (including phenoxy) is 2. The van der Waals surface area contributed by atoms with E-state index in [1.54, 1.807) is 36.1 Å². The minimum atomic E-state index is -0.479. The molecule has 0 unspecified atom stereocenters. The van der Waals surface area contributed by atoms with Crippen molar-refractivity contribution in [2.45, 2.75) is 32.5 Å². The summed E-state index contributed by atoms with van der Waals surface area (Å²) in [7, 11) is 1.80. The van der Waals surface area contributed by atoms with E-state index < -0.39 is 5.60 Å². The van der Waals surface area contributed by atoms with Crippen LogP contribution in [0, 0.1) is 0 Å². The van der Waals surface area contributed by atoms with E-state index in [0.29, 0.717) is 30.1 Å². The third kappa shape index (κ3) is 2.89. The zero-order chi connectivity index (χ0) is 15.0. The van der Waals surface area contributed by atoms with Gasteiger partial charge < -0.3 is 9.47 Å². The quantitative estimate of drug-likeness (QED) is 0.865. The van der Waals surface area contributed by atoms with Crippen molar-refractivity contribution in [3.8, 4) is 11.5 Å². The van der Waals surface area contributed by atoms with Gasteiger partial charge in [0.2, 0.25) is 0 Å². The van der Waals surface area contributed by atoms with Crippen molar-refractivity contribution < 1.29 is 14.3 Å². The Kier molecular flexibility index (Phi) is 3.16. The molecule has 0 saturated carbocycles. The van der Waals surface area contributed by atoms with E-state index in [0.717, 1.165) is 5.69 Å². The molecule has 2 heterocycles. The Balaban J connectivity index is 1.78. The van der Waals surface area contributed by atoms with Gasteiger partial charge in [0.1, 0.15) is 29.4 Å². The SMILES string of the molecule is Cn1cc(COc2ccc3c(c2)OC(C)(C)CC3=O)nn1. The third-order valence-electron chi connectivity index (χ3n) is 3.26. The molecule has 0 saturated heterocycles. The van der Waals surface area contributed by atoms with Gasteiger partial charge in [0.15, 0.2) is 5.78 Å². The molecule has 1 aromatic carbocycles. The average Bonchev–Trinajstić information content (AvgIpc) is 2.80. The van der Waals surface area contributed by atoms with Gasteiger partial charge in [-0.3, -0.25) is 9.48 Å². The highest BCUT2D eigenvalue weighted by atomic mass is 16.5. The molecule has 0 bridgehead atoms. The smallest absolute Gasteiger partial charge is 0.170 e.